The fraction of sp³-hybridized carbons (Fsp3) is 0.625. The zero-order chi connectivity index (χ0) is 14.9. The third-order valence-electron chi connectivity index (χ3n) is 4.42. The van der Waals surface area contributed by atoms with Crippen molar-refractivity contribution in [2.45, 2.75) is 36.6 Å². The van der Waals surface area contributed by atoms with E-state index in [4.69, 9.17) is 0 Å². The van der Waals surface area contributed by atoms with Crippen LogP contribution >= 0.6 is 0 Å². The van der Waals surface area contributed by atoms with Crippen molar-refractivity contribution in [2.24, 2.45) is 5.92 Å². The second-order valence-electron chi connectivity index (χ2n) is 6.40. The first-order valence-corrected chi connectivity index (χ1v) is 9.70. The van der Waals surface area contributed by atoms with Gasteiger partial charge in [-0.05, 0) is 62.4 Å². The molecule has 1 atom stereocenters. The smallest absolute Gasteiger partial charge is 0.175 e. The third kappa shape index (κ3) is 3.98. The van der Waals surface area contributed by atoms with Crippen LogP contribution in [0.25, 0.3) is 0 Å². The number of nitrogens with zero attached hydrogens (tertiary/aromatic N) is 1. The van der Waals surface area contributed by atoms with Gasteiger partial charge in [-0.2, -0.15) is 0 Å². The van der Waals surface area contributed by atoms with Crippen molar-refractivity contribution in [3.8, 4) is 0 Å². The van der Waals surface area contributed by atoms with Gasteiger partial charge in [0.1, 0.15) is 0 Å². The van der Waals surface area contributed by atoms with Crippen LogP contribution in [-0.4, -0.2) is 40.3 Å². The fourth-order valence-corrected chi connectivity index (χ4v) is 3.62. The molecule has 1 aliphatic carbocycles. The summed E-state index contributed by atoms with van der Waals surface area (Å²) in [6, 6.07) is 8.09. The summed E-state index contributed by atoms with van der Waals surface area (Å²) in [6.07, 6.45) is 6.43. The number of hydrogen-bond acceptors (Lipinski definition) is 4. The predicted molar refractivity (Wildman–Crippen MR) is 85.5 cm³/mol. The number of rotatable bonds is 5. The maximum atomic E-state index is 11.5. The highest BCUT2D eigenvalue weighted by Crippen LogP contribution is 2.25. The van der Waals surface area contributed by atoms with Gasteiger partial charge in [0.15, 0.2) is 9.84 Å². The Morgan fingerprint density at radius 2 is 1.90 bits per heavy atom. The summed E-state index contributed by atoms with van der Waals surface area (Å²) in [5.74, 6) is 0.703. The number of nitrogens with one attached hydrogen (secondary N) is 1. The molecule has 116 valence electrons. The van der Waals surface area contributed by atoms with E-state index in [-0.39, 0.29) is 0 Å². The third-order valence-corrected chi connectivity index (χ3v) is 5.55. The van der Waals surface area contributed by atoms with E-state index in [1.165, 1.54) is 31.9 Å². The van der Waals surface area contributed by atoms with Crippen LogP contribution in [0.4, 0.5) is 5.69 Å². The lowest BCUT2D eigenvalue weighted by Crippen LogP contribution is -2.40. The lowest BCUT2D eigenvalue weighted by molar-refractivity contribution is 0.391. The maximum Gasteiger partial charge on any atom is 0.175 e. The van der Waals surface area contributed by atoms with Gasteiger partial charge in [0, 0.05) is 31.1 Å². The summed E-state index contributed by atoms with van der Waals surface area (Å²) >= 11 is 0. The highest BCUT2D eigenvalue weighted by Gasteiger charge is 2.25. The first kappa shape index (κ1) is 14.9. The monoisotopic (exact) mass is 308 g/mol. The van der Waals surface area contributed by atoms with Crippen LogP contribution in [0.3, 0.4) is 0 Å². The fourth-order valence-electron chi connectivity index (χ4n) is 2.99. The van der Waals surface area contributed by atoms with Crippen LogP contribution in [0.15, 0.2) is 29.2 Å². The second-order valence-corrected chi connectivity index (χ2v) is 8.42. The van der Waals surface area contributed by atoms with Gasteiger partial charge >= 0.3 is 0 Å². The molecule has 4 nitrogen and oxygen atoms in total. The number of benzene rings is 1. The van der Waals surface area contributed by atoms with Crippen LogP contribution in [0.2, 0.25) is 0 Å². The average Bonchev–Trinajstić information content (AvgIpc) is 3.29. The number of piperidine rings is 1. The Morgan fingerprint density at radius 1 is 1.19 bits per heavy atom. The zero-order valence-corrected chi connectivity index (χ0v) is 13.4. The minimum absolute atomic E-state index is 0.398. The SMILES string of the molecule is CS(=O)(=O)c1ccc(N2CCCC(CNC3CC3)C2)cc1. The number of sulfone groups is 1. The van der Waals surface area contributed by atoms with Crippen molar-refractivity contribution in [2.75, 3.05) is 30.8 Å². The zero-order valence-electron chi connectivity index (χ0n) is 12.6. The molecule has 1 aromatic rings. The largest absolute Gasteiger partial charge is 0.371 e. The summed E-state index contributed by atoms with van der Waals surface area (Å²) in [7, 11) is -3.10. The summed E-state index contributed by atoms with van der Waals surface area (Å²) < 4.78 is 23.0. The van der Waals surface area contributed by atoms with Crippen molar-refractivity contribution in [3.05, 3.63) is 24.3 Å². The summed E-state index contributed by atoms with van der Waals surface area (Å²) in [6.45, 7) is 3.25. The summed E-state index contributed by atoms with van der Waals surface area (Å²) in [4.78, 5) is 2.78. The predicted octanol–water partition coefficient (Wildman–Crippen LogP) is 2.06. The van der Waals surface area contributed by atoms with Gasteiger partial charge in [-0.15, -0.1) is 0 Å². The Balaban J connectivity index is 1.62. The highest BCUT2D eigenvalue weighted by molar-refractivity contribution is 7.90. The molecule has 2 fully saturated rings. The Bertz CT molecular complexity index is 579. The molecular weight excluding hydrogens is 284 g/mol. The van der Waals surface area contributed by atoms with E-state index in [2.05, 4.69) is 10.2 Å². The van der Waals surface area contributed by atoms with Gasteiger partial charge in [-0.25, -0.2) is 8.42 Å². The van der Waals surface area contributed by atoms with E-state index in [1.54, 1.807) is 12.1 Å². The normalized spacial score (nSPS) is 23.3. The standard InChI is InChI=1S/C16H24N2O2S/c1-21(19,20)16-8-6-15(7-9-16)18-10-2-3-13(12-18)11-17-14-4-5-14/h6-9,13-14,17H,2-5,10-12H2,1H3. The molecule has 1 saturated heterocycles. The van der Waals surface area contributed by atoms with Gasteiger partial charge < -0.3 is 10.2 Å². The molecule has 1 unspecified atom stereocenters. The summed E-state index contributed by atoms with van der Waals surface area (Å²) in [5, 5.41) is 3.62. The lowest BCUT2D eigenvalue weighted by atomic mass is 9.97. The minimum atomic E-state index is -3.10. The van der Waals surface area contributed by atoms with E-state index < -0.39 is 9.84 Å². The van der Waals surface area contributed by atoms with Crippen molar-refractivity contribution < 1.29 is 8.42 Å². The van der Waals surface area contributed by atoms with Crippen molar-refractivity contribution in [1.29, 1.82) is 0 Å². The highest BCUT2D eigenvalue weighted by atomic mass is 32.2. The van der Waals surface area contributed by atoms with Gasteiger partial charge in [0.05, 0.1) is 4.90 Å². The van der Waals surface area contributed by atoms with Gasteiger partial charge in [-0.3, -0.25) is 0 Å². The lowest BCUT2D eigenvalue weighted by Gasteiger charge is -2.34. The van der Waals surface area contributed by atoms with E-state index in [0.717, 1.165) is 31.4 Å². The summed E-state index contributed by atoms with van der Waals surface area (Å²) in [5.41, 5.74) is 1.14. The van der Waals surface area contributed by atoms with Crippen LogP contribution in [0.5, 0.6) is 0 Å². The van der Waals surface area contributed by atoms with Crippen molar-refractivity contribution >= 4 is 15.5 Å². The Morgan fingerprint density at radius 3 is 2.52 bits per heavy atom. The Hall–Kier alpha value is -1.07. The van der Waals surface area contributed by atoms with Crippen LogP contribution in [-0.2, 0) is 9.84 Å². The quantitative estimate of drug-likeness (QED) is 0.904. The van der Waals surface area contributed by atoms with E-state index in [9.17, 15) is 8.42 Å². The molecule has 1 aliphatic heterocycles. The molecule has 1 aromatic carbocycles. The first-order valence-electron chi connectivity index (χ1n) is 7.81. The molecule has 0 radical (unpaired) electrons. The number of hydrogen-bond donors (Lipinski definition) is 1. The molecule has 0 spiro atoms. The molecule has 0 amide bonds. The Kier molecular flexibility index (Phi) is 4.22. The van der Waals surface area contributed by atoms with Crippen molar-refractivity contribution in [1.82, 2.24) is 5.32 Å². The van der Waals surface area contributed by atoms with Crippen LogP contribution < -0.4 is 10.2 Å². The van der Waals surface area contributed by atoms with Gasteiger partial charge in [-0.1, -0.05) is 0 Å². The van der Waals surface area contributed by atoms with E-state index in [0.29, 0.717) is 10.8 Å². The van der Waals surface area contributed by atoms with Crippen LogP contribution in [0, 0.1) is 5.92 Å². The second kappa shape index (κ2) is 5.97. The molecule has 1 N–H and O–H groups in total. The van der Waals surface area contributed by atoms with Crippen LogP contribution in [0.1, 0.15) is 25.7 Å². The molecule has 0 aromatic heterocycles. The number of anilines is 1. The molecule has 3 rings (SSSR count). The van der Waals surface area contributed by atoms with E-state index >= 15 is 0 Å². The first-order chi connectivity index (χ1) is 10.0. The van der Waals surface area contributed by atoms with Crippen molar-refractivity contribution in [3.63, 3.8) is 0 Å². The molecule has 1 heterocycles. The molecule has 2 aliphatic rings. The minimum Gasteiger partial charge on any atom is -0.371 e. The van der Waals surface area contributed by atoms with Gasteiger partial charge in [0.25, 0.3) is 0 Å². The molecular formula is C16H24N2O2S. The molecule has 21 heavy (non-hydrogen) atoms. The molecule has 1 saturated carbocycles. The molecule has 0 bridgehead atoms. The Labute approximate surface area is 127 Å². The topological polar surface area (TPSA) is 49.4 Å². The van der Waals surface area contributed by atoms with Gasteiger partial charge in [0.2, 0.25) is 0 Å². The van der Waals surface area contributed by atoms with E-state index in [1.807, 2.05) is 12.1 Å². The maximum absolute atomic E-state index is 11.5. The average molecular weight is 308 g/mol. The molecule has 5 heteroatoms.